The highest BCUT2D eigenvalue weighted by Crippen LogP contribution is 2.39. The summed E-state index contributed by atoms with van der Waals surface area (Å²) in [6.45, 7) is 3.82. The monoisotopic (exact) mass is 441 g/mol. The molecule has 0 radical (unpaired) electrons. The van der Waals surface area contributed by atoms with Gasteiger partial charge < -0.3 is 10.1 Å². The van der Waals surface area contributed by atoms with Crippen LogP contribution < -0.4 is 14.8 Å². The van der Waals surface area contributed by atoms with Crippen molar-refractivity contribution in [2.24, 2.45) is 4.99 Å². The van der Waals surface area contributed by atoms with E-state index < -0.39 is 15.6 Å². The molecule has 0 aliphatic carbocycles. The molecule has 0 bridgehead atoms. The van der Waals surface area contributed by atoms with Crippen molar-refractivity contribution in [3.8, 4) is 11.5 Å². The molecular formula is C22H20ClN3O3S. The summed E-state index contributed by atoms with van der Waals surface area (Å²) < 4.78 is 34.2. The van der Waals surface area contributed by atoms with Gasteiger partial charge in [-0.1, -0.05) is 60.1 Å². The van der Waals surface area contributed by atoms with E-state index in [4.69, 9.17) is 16.3 Å². The molecule has 0 atom stereocenters. The Balaban J connectivity index is 1.75. The molecule has 154 valence electrons. The number of anilines is 1. The standard InChI is InChI=1S/C22H20ClN3O3S/c1-22(2,15-9-4-3-5-10-15)25-21-24-20-18(29-17-12-7-6-11-16(17)23)13-8-14-19(20)30(27,28)26-21/h3-14H,1-2H3,(H2,24,25,26). The number of halogens is 1. The predicted molar refractivity (Wildman–Crippen MR) is 119 cm³/mol. The minimum Gasteiger partial charge on any atom is -0.454 e. The molecule has 0 spiro atoms. The molecule has 0 aromatic heterocycles. The van der Waals surface area contributed by atoms with E-state index in [1.54, 1.807) is 36.4 Å². The van der Waals surface area contributed by atoms with Gasteiger partial charge in [-0.3, -0.25) is 0 Å². The van der Waals surface area contributed by atoms with Crippen LogP contribution in [0.3, 0.4) is 0 Å². The van der Waals surface area contributed by atoms with Gasteiger partial charge in [0.05, 0.1) is 10.6 Å². The van der Waals surface area contributed by atoms with E-state index in [1.165, 1.54) is 6.07 Å². The van der Waals surface area contributed by atoms with Gasteiger partial charge in [-0.2, -0.15) is 0 Å². The predicted octanol–water partition coefficient (Wildman–Crippen LogP) is 5.13. The van der Waals surface area contributed by atoms with Crippen LogP contribution in [0.2, 0.25) is 5.02 Å². The number of guanidine groups is 1. The molecule has 0 fully saturated rings. The van der Waals surface area contributed by atoms with E-state index in [2.05, 4.69) is 15.0 Å². The van der Waals surface area contributed by atoms with Crippen LogP contribution in [0.5, 0.6) is 11.5 Å². The van der Waals surface area contributed by atoms with Gasteiger partial charge in [0.25, 0.3) is 10.0 Å². The molecule has 1 aliphatic heterocycles. The van der Waals surface area contributed by atoms with Crippen LogP contribution in [0.25, 0.3) is 0 Å². The lowest BCUT2D eigenvalue weighted by molar-refractivity contribution is 0.483. The minimum atomic E-state index is -3.83. The molecule has 1 heterocycles. The maximum Gasteiger partial charge on any atom is 0.266 e. The Hall–Kier alpha value is -3.03. The molecule has 8 heteroatoms. The number of hydrogen-bond acceptors (Lipinski definition) is 4. The summed E-state index contributed by atoms with van der Waals surface area (Å²) in [4.78, 5) is 4.70. The van der Waals surface area contributed by atoms with Gasteiger partial charge >= 0.3 is 0 Å². The van der Waals surface area contributed by atoms with Crippen LogP contribution in [-0.2, 0) is 15.6 Å². The summed E-state index contributed by atoms with van der Waals surface area (Å²) >= 11 is 6.20. The van der Waals surface area contributed by atoms with Gasteiger partial charge in [-0.25, -0.2) is 18.1 Å². The van der Waals surface area contributed by atoms with Crippen LogP contribution in [0, 0.1) is 0 Å². The first kappa shape index (κ1) is 20.3. The minimum absolute atomic E-state index is 0.0727. The molecule has 4 rings (SSSR count). The summed E-state index contributed by atoms with van der Waals surface area (Å²) in [6.07, 6.45) is 0. The zero-order valence-corrected chi connectivity index (χ0v) is 18.0. The number of aliphatic imine (C=N–C) groups is 1. The molecular weight excluding hydrogens is 422 g/mol. The van der Waals surface area contributed by atoms with Gasteiger partial charge in [0.15, 0.2) is 5.75 Å². The molecule has 0 unspecified atom stereocenters. The lowest BCUT2D eigenvalue weighted by Crippen LogP contribution is -2.42. The largest absolute Gasteiger partial charge is 0.454 e. The third kappa shape index (κ3) is 3.99. The fraction of sp³-hybridized carbons (Fsp3) is 0.136. The van der Waals surface area contributed by atoms with Crippen LogP contribution in [-0.4, -0.2) is 14.4 Å². The van der Waals surface area contributed by atoms with Crippen molar-refractivity contribution >= 4 is 33.3 Å². The zero-order valence-electron chi connectivity index (χ0n) is 16.4. The number of nitrogens with one attached hydrogen (secondary N) is 2. The van der Waals surface area contributed by atoms with Gasteiger partial charge in [-0.05, 0) is 43.7 Å². The topological polar surface area (TPSA) is 79.8 Å². The Morgan fingerprint density at radius 2 is 1.57 bits per heavy atom. The number of fused-ring (bicyclic) bond motifs is 1. The molecule has 3 aromatic carbocycles. The Labute approximate surface area is 180 Å². The Morgan fingerprint density at radius 3 is 2.30 bits per heavy atom. The fourth-order valence-corrected chi connectivity index (χ4v) is 4.47. The third-order valence-corrected chi connectivity index (χ3v) is 6.37. The van der Waals surface area contributed by atoms with Crippen molar-refractivity contribution < 1.29 is 13.2 Å². The SMILES string of the molecule is CC(C)(N=C1Nc2c(Oc3ccccc3Cl)cccc2S(=O)(=O)N1)c1ccccc1. The molecule has 30 heavy (non-hydrogen) atoms. The molecule has 0 saturated carbocycles. The van der Waals surface area contributed by atoms with Gasteiger partial charge in [0, 0.05) is 0 Å². The molecule has 0 amide bonds. The summed E-state index contributed by atoms with van der Waals surface area (Å²) in [5.74, 6) is 0.871. The first-order valence-corrected chi connectivity index (χ1v) is 11.1. The average molecular weight is 442 g/mol. The van der Waals surface area contributed by atoms with Crippen molar-refractivity contribution in [3.63, 3.8) is 0 Å². The third-order valence-electron chi connectivity index (χ3n) is 4.68. The number of sulfonamides is 1. The molecule has 3 aromatic rings. The second-order valence-electron chi connectivity index (χ2n) is 7.28. The summed E-state index contributed by atoms with van der Waals surface area (Å²) in [7, 11) is -3.83. The van der Waals surface area contributed by atoms with Crippen LogP contribution in [0.15, 0.2) is 82.7 Å². The van der Waals surface area contributed by atoms with E-state index in [9.17, 15) is 8.42 Å². The summed E-state index contributed by atoms with van der Waals surface area (Å²) in [5.41, 5.74) is 0.589. The molecule has 0 saturated heterocycles. The number of hydrogen-bond donors (Lipinski definition) is 2. The molecule has 2 N–H and O–H groups in total. The smallest absolute Gasteiger partial charge is 0.266 e. The van der Waals surface area contributed by atoms with E-state index in [-0.39, 0.29) is 10.9 Å². The lowest BCUT2D eigenvalue weighted by atomic mass is 9.95. The van der Waals surface area contributed by atoms with Crippen molar-refractivity contribution in [1.29, 1.82) is 0 Å². The number of benzene rings is 3. The lowest BCUT2D eigenvalue weighted by Gasteiger charge is -2.27. The summed E-state index contributed by atoms with van der Waals surface area (Å²) in [6, 6.07) is 21.4. The first-order valence-electron chi connectivity index (χ1n) is 9.27. The van der Waals surface area contributed by atoms with Crippen LogP contribution >= 0.6 is 11.6 Å². The number of ether oxygens (including phenoxy) is 1. The Bertz CT molecular complexity index is 1230. The normalized spacial score (nSPS) is 16.3. The first-order chi connectivity index (χ1) is 14.3. The summed E-state index contributed by atoms with van der Waals surface area (Å²) in [5, 5.41) is 3.50. The zero-order chi connectivity index (χ0) is 21.4. The maximum atomic E-state index is 12.9. The van der Waals surface area contributed by atoms with Crippen LogP contribution in [0.1, 0.15) is 19.4 Å². The van der Waals surface area contributed by atoms with Gasteiger partial charge in [-0.15, -0.1) is 0 Å². The highest BCUT2D eigenvalue weighted by atomic mass is 35.5. The van der Waals surface area contributed by atoms with Crippen molar-refractivity contribution in [2.45, 2.75) is 24.3 Å². The Kier molecular flexibility index (Phi) is 5.17. The average Bonchev–Trinajstić information content (AvgIpc) is 2.70. The van der Waals surface area contributed by atoms with Crippen molar-refractivity contribution in [1.82, 2.24) is 4.72 Å². The number of nitrogens with zero attached hydrogens (tertiary/aromatic N) is 1. The highest BCUT2D eigenvalue weighted by Gasteiger charge is 2.31. The second kappa shape index (κ2) is 7.66. The molecule has 6 nitrogen and oxygen atoms in total. The van der Waals surface area contributed by atoms with Crippen molar-refractivity contribution in [2.75, 3.05) is 5.32 Å². The van der Waals surface area contributed by atoms with Gasteiger partial charge in [0.2, 0.25) is 5.96 Å². The highest BCUT2D eigenvalue weighted by molar-refractivity contribution is 7.90. The van der Waals surface area contributed by atoms with Crippen molar-refractivity contribution in [3.05, 3.63) is 83.4 Å². The van der Waals surface area contributed by atoms with Gasteiger partial charge in [0.1, 0.15) is 16.3 Å². The number of para-hydroxylation sites is 2. The van der Waals surface area contributed by atoms with E-state index >= 15 is 0 Å². The van der Waals surface area contributed by atoms with Crippen LogP contribution in [0.4, 0.5) is 5.69 Å². The Morgan fingerprint density at radius 1 is 0.900 bits per heavy atom. The second-order valence-corrected chi connectivity index (χ2v) is 9.34. The molecule has 1 aliphatic rings. The maximum absolute atomic E-state index is 12.9. The quantitative estimate of drug-likeness (QED) is 0.588. The fourth-order valence-electron chi connectivity index (χ4n) is 3.16. The van der Waals surface area contributed by atoms with E-state index in [1.807, 2.05) is 44.2 Å². The van der Waals surface area contributed by atoms with E-state index in [0.717, 1.165) is 5.56 Å². The number of rotatable bonds is 4. The van der Waals surface area contributed by atoms with E-state index in [0.29, 0.717) is 22.2 Å².